The Bertz CT molecular complexity index is 2330. The fourth-order valence-corrected chi connectivity index (χ4v) is 10.6. The second-order valence-electron chi connectivity index (χ2n) is 24.6. The maximum Gasteiger partial charge on any atom is 0.411 e. The lowest BCUT2D eigenvalue weighted by Crippen LogP contribution is -2.59. The molecule has 5 fully saturated rings. The maximum absolute atomic E-state index is 13.0. The fourth-order valence-electron chi connectivity index (χ4n) is 10.6. The van der Waals surface area contributed by atoms with Gasteiger partial charge in [-0.15, -0.1) is 0 Å². The van der Waals surface area contributed by atoms with Gasteiger partial charge in [-0.1, -0.05) is 116 Å². The van der Waals surface area contributed by atoms with E-state index in [2.05, 4.69) is 110 Å². The van der Waals surface area contributed by atoms with Gasteiger partial charge in [0.15, 0.2) is 5.78 Å². The van der Waals surface area contributed by atoms with Crippen LogP contribution >= 0.6 is 0 Å². The summed E-state index contributed by atoms with van der Waals surface area (Å²) in [6.07, 6.45) is 16.4. The molecular formula is C62H89N5O5. The van der Waals surface area contributed by atoms with Gasteiger partial charge in [0, 0.05) is 53.8 Å². The van der Waals surface area contributed by atoms with E-state index in [4.69, 9.17) is 9.47 Å². The molecule has 10 nitrogen and oxygen atoms in total. The van der Waals surface area contributed by atoms with Crippen LogP contribution in [0.15, 0.2) is 108 Å². The van der Waals surface area contributed by atoms with Crippen LogP contribution < -0.4 is 5.32 Å². The van der Waals surface area contributed by atoms with Gasteiger partial charge in [-0.3, -0.25) is 24.4 Å². The number of piperidine rings is 5. The first-order chi connectivity index (χ1) is 33.9. The van der Waals surface area contributed by atoms with Gasteiger partial charge in [-0.2, -0.15) is 0 Å². The Labute approximate surface area is 434 Å². The van der Waals surface area contributed by atoms with Crippen molar-refractivity contribution in [3.63, 3.8) is 0 Å². The van der Waals surface area contributed by atoms with Crippen LogP contribution in [-0.4, -0.2) is 123 Å². The summed E-state index contributed by atoms with van der Waals surface area (Å²) in [7, 11) is 0. The van der Waals surface area contributed by atoms with Gasteiger partial charge in [0.25, 0.3) is 0 Å². The number of likely N-dealkylation sites (tertiary alicyclic amines) is 4. The van der Waals surface area contributed by atoms with Gasteiger partial charge in [-0.25, -0.2) is 9.59 Å². The zero-order valence-electron chi connectivity index (χ0n) is 46.2. The minimum Gasteiger partial charge on any atom is -0.444 e. The zero-order chi connectivity index (χ0) is 52.3. The molecule has 5 aliphatic heterocycles. The number of carbonyl (C=O) groups is 3. The summed E-state index contributed by atoms with van der Waals surface area (Å²) in [6.45, 7) is 30.9. The smallest absolute Gasteiger partial charge is 0.411 e. The number of rotatable bonds is 5. The Morgan fingerprint density at radius 3 is 1.39 bits per heavy atom. The number of ether oxygens (including phenoxy) is 2. The fraction of sp³-hybridized carbons (Fsp3) is 0.565. The van der Waals surface area contributed by atoms with Gasteiger partial charge < -0.3 is 14.8 Å². The van der Waals surface area contributed by atoms with Crippen molar-refractivity contribution in [3.8, 4) is 0 Å². The molecule has 392 valence electrons. The molecule has 5 saturated heterocycles. The predicted octanol–water partition coefficient (Wildman–Crippen LogP) is 13.1. The third-order valence-corrected chi connectivity index (χ3v) is 14.4. The molecule has 0 radical (unpaired) electrons. The Kier molecular flexibility index (Phi) is 19.0. The summed E-state index contributed by atoms with van der Waals surface area (Å²) in [5.74, 6) is 0.0821. The molecule has 5 heterocycles. The topological polar surface area (TPSA) is 94.7 Å². The first-order valence-corrected chi connectivity index (χ1v) is 26.9. The minimum absolute atomic E-state index is 0.0821. The highest BCUT2D eigenvalue weighted by molar-refractivity contribution is 6.02. The molecule has 2 atom stereocenters. The number of hydrogen-bond donors (Lipinski definition) is 1. The molecular weight excluding hydrogens is 895 g/mol. The summed E-state index contributed by atoms with van der Waals surface area (Å²) in [5.41, 5.74) is 5.42. The first-order valence-electron chi connectivity index (χ1n) is 26.9. The van der Waals surface area contributed by atoms with E-state index < -0.39 is 16.7 Å². The number of amides is 2. The Hall–Kier alpha value is -5.03. The average Bonchev–Trinajstić information content (AvgIpc) is 3.31. The molecule has 0 aliphatic carbocycles. The Morgan fingerprint density at radius 2 is 0.944 bits per heavy atom. The van der Waals surface area contributed by atoms with E-state index in [1.807, 2.05) is 103 Å². The number of Topliss-reactive ketones (excluding diaryl/α,β-unsaturated/α-hetero) is 1. The van der Waals surface area contributed by atoms with Crippen LogP contribution in [-0.2, 0) is 14.3 Å². The highest BCUT2D eigenvalue weighted by Crippen LogP contribution is 2.37. The molecule has 10 heteroatoms. The molecule has 0 bridgehead atoms. The van der Waals surface area contributed by atoms with Crippen molar-refractivity contribution in [1.29, 1.82) is 0 Å². The second-order valence-corrected chi connectivity index (χ2v) is 24.6. The van der Waals surface area contributed by atoms with Crippen LogP contribution in [0.4, 0.5) is 9.59 Å². The summed E-state index contributed by atoms with van der Waals surface area (Å²) >= 11 is 0. The van der Waals surface area contributed by atoms with E-state index in [-0.39, 0.29) is 35.6 Å². The highest BCUT2D eigenvalue weighted by atomic mass is 16.6. The third-order valence-electron chi connectivity index (χ3n) is 14.4. The van der Waals surface area contributed by atoms with E-state index >= 15 is 0 Å². The molecule has 0 aromatic heterocycles. The minimum atomic E-state index is -0.558. The lowest BCUT2D eigenvalue weighted by atomic mass is 9.82. The second kappa shape index (κ2) is 24.3. The van der Waals surface area contributed by atoms with E-state index in [0.717, 1.165) is 31.6 Å². The molecule has 5 aliphatic rings. The number of nitrogens with one attached hydrogen (secondary N) is 1. The molecule has 3 aromatic rings. The standard InChI is InChI=1S/C24H36N2O2.C19H28N2.C19H25NO3/c1-23(2,3)28-22(27)26-18-20(16-19-12-8-6-9-13-19)21(17-24(26,4)5)25-14-10-7-11-15-25;1-19(2)14-18(21-11-7-4-8-12-21)17(15-20-19)13-16-9-5-3-6-10-16;1-18(2,3)23-17(22)20-13-15(16(21)12-19(20,4)5)11-14-9-7-6-8-10-14/h6,8-9,12-13,16,21H,7,10-11,14-15,17-18H2,1-5H3;3,5-6,9-10,13,18,20H,4,7-8,11-12,14-15H2,1-2H3;6-11H,12-13H2,1-5H3/b20-16+;17-13+;15-11+. The number of nitrogens with zero attached hydrogens (tertiary/aromatic N) is 4. The highest BCUT2D eigenvalue weighted by Gasteiger charge is 2.44. The van der Waals surface area contributed by atoms with Crippen LogP contribution in [0.1, 0.15) is 158 Å². The van der Waals surface area contributed by atoms with E-state index in [9.17, 15) is 14.4 Å². The largest absolute Gasteiger partial charge is 0.444 e. The van der Waals surface area contributed by atoms with Gasteiger partial charge in [0.05, 0.1) is 6.54 Å². The number of benzene rings is 3. The average molecular weight is 984 g/mol. The third kappa shape index (κ3) is 16.8. The molecule has 8 rings (SSSR count). The summed E-state index contributed by atoms with van der Waals surface area (Å²) < 4.78 is 11.2. The van der Waals surface area contributed by atoms with Crippen LogP contribution in [0.25, 0.3) is 18.2 Å². The van der Waals surface area contributed by atoms with Crippen molar-refractivity contribution in [2.24, 2.45) is 0 Å². The van der Waals surface area contributed by atoms with Crippen LogP contribution in [0.2, 0.25) is 0 Å². The maximum atomic E-state index is 13.0. The van der Waals surface area contributed by atoms with Crippen molar-refractivity contribution in [2.75, 3.05) is 45.8 Å². The van der Waals surface area contributed by atoms with Crippen molar-refractivity contribution in [2.45, 2.75) is 181 Å². The summed E-state index contributed by atoms with van der Waals surface area (Å²) in [5, 5.41) is 3.70. The van der Waals surface area contributed by atoms with Crippen molar-refractivity contribution in [1.82, 2.24) is 24.9 Å². The first kappa shape index (κ1) is 56.3. The SMILES string of the molecule is CC(C)(C)OC(=O)N1C/C(=C\c2ccccc2)C(=O)CC1(C)C.CC(C)(C)OC(=O)N1C/C(=C\c2ccccc2)C(N2CCCCC2)CC1(C)C.CC1(C)CC(N2CCCCC2)/C(=C/c2ccccc2)CN1. The van der Waals surface area contributed by atoms with Gasteiger partial charge in [-0.05, 0) is 182 Å². The quantitative estimate of drug-likeness (QED) is 0.253. The molecule has 0 saturated carbocycles. The van der Waals surface area contributed by atoms with Gasteiger partial charge >= 0.3 is 12.2 Å². The van der Waals surface area contributed by atoms with Gasteiger partial charge in [0.1, 0.15) is 11.2 Å². The van der Waals surface area contributed by atoms with Crippen LogP contribution in [0.5, 0.6) is 0 Å². The van der Waals surface area contributed by atoms with Crippen molar-refractivity contribution in [3.05, 3.63) is 124 Å². The molecule has 3 aromatic carbocycles. The number of carbonyl (C=O) groups excluding carboxylic acids is 3. The molecule has 2 unspecified atom stereocenters. The van der Waals surface area contributed by atoms with Crippen LogP contribution in [0.3, 0.4) is 0 Å². The predicted molar refractivity (Wildman–Crippen MR) is 297 cm³/mol. The van der Waals surface area contributed by atoms with E-state index in [1.54, 1.807) is 10.5 Å². The Morgan fingerprint density at radius 1 is 0.542 bits per heavy atom. The normalized spacial score (nSPS) is 24.4. The number of ketones is 1. The lowest BCUT2D eigenvalue weighted by molar-refractivity contribution is -0.120. The summed E-state index contributed by atoms with van der Waals surface area (Å²) in [6, 6.07) is 31.9. The summed E-state index contributed by atoms with van der Waals surface area (Å²) in [4.78, 5) is 46.8. The zero-order valence-corrected chi connectivity index (χ0v) is 46.2. The monoisotopic (exact) mass is 984 g/mol. The van der Waals surface area contributed by atoms with E-state index in [0.29, 0.717) is 30.6 Å². The molecule has 1 N–H and O–H groups in total. The molecule has 72 heavy (non-hydrogen) atoms. The van der Waals surface area contributed by atoms with Gasteiger partial charge in [0.2, 0.25) is 0 Å². The Balaban J connectivity index is 0.000000178. The number of hydrogen-bond acceptors (Lipinski definition) is 8. The molecule has 2 amide bonds. The molecule has 0 spiro atoms. The van der Waals surface area contributed by atoms with Crippen molar-refractivity contribution < 1.29 is 23.9 Å². The van der Waals surface area contributed by atoms with Crippen LogP contribution in [0, 0.1) is 0 Å². The lowest BCUT2D eigenvalue weighted by Gasteiger charge is -2.50. The van der Waals surface area contributed by atoms with E-state index in [1.165, 1.54) is 74.7 Å². The van der Waals surface area contributed by atoms with Crippen molar-refractivity contribution >= 4 is 36.2 Å².